The first-order chi connectivity index (χ1) is 10.2. The van der Waals surface area contributed by atoms with Crippen LogP contribution in [0.5, 0.6) is 0 Å². The Hall–Kier alpha value is -1.19. The quantitative estimate of drug-likeness (QED) is 0.760. The van der Waals surface area contributed by atoms with E-state index in [1.165, 1.54) is 11.6 Å². The Morgan fingerprint density at radius 1 is 1.00 bits per heavy atom. The fourth-order valence-electron chi connectivity index (χ4n) is 2.42. The summed E-state index contributed by atoms with van der Waals surface area (Å²) in [6.45, 7) is 3.09. The zero-order chi connectivity index (χ0) is 15.1. The lowest BCUT2D eigenvalue weighted by Crippen LogP contribution is -2.34. The second-order valence-corrected chi connectivity index (χ2v) is 6.10. The Bertz CT molecular complexity index is 523. The molecule has 0 saturated carbocycles. The highest BCUT2D eigenvalue weighted by molar-refractivity contribution is 9.10. The fraction of sp³-hybridized carbons (Fsp3) is 0.333. The number of rotatable bonds is 7. The molecule has 1 nitrogen and oxygen atoms in total. The summed E-state index contributed by atoms with van der Waals surface area (Å²) < 4.78 is 15.0. The molecule has 2 aromatic carbocycles. The van der Waals surface area contributed by atoms with Crippen LogP contribution in [0.4, 0.5) is 4.39 Å². The predicted molar refractivity (Wildman–Crippen MR) is 90.0 cm³/mol. The molecule has 0 saturated heterocycles. The van der Waals surface area contributed by atoms with Crippen LogP contribution < -0.4 is 5.32 Å². The Morgan fingerprint density at radius 2 is 1.62 bits per heavy atom. The Kier molecular flexibility index (Phi) is 6.40. The summed E-state index contributed by atoms with van der Waals surface area (Å²) in [4.78, 5) is 0. The van der Waals surface area contributed by atoms with Crippen molar-refractivity contribution in [1.29, 1.82) is 0 Å². The molecule has 1 unspecified atom stereocenters. The van der Waals surface area contributed by atoms with Crippen LogP contribution in [0.1, 0.15) is 24.5 Å². The molecule has 112 valence electrons. The number of nitrogens with one attached hydrogen (secondary N) is 1. The SMILES string of the molecule is CCCNC(Cc1ccccc1F)Cc1ccccc1Br. The van der Waals surface area contributed by atoms with Crippen molar-refractivity contribution in [2.24, 2.45) is 0 Å². The van der Waals surface area contributed by atoms with E-state index in [0.29, 0.717) is 6.42 Å². The van der Waals surface area contributed by atoms with E-state index in [2.05, 4.69) is 40.3 Å². The van der Waals surface area contributed by atoms with Crippen LogP contribution in [0.15, 0.2) is 53.0 Å². The molecular formula is C18H21BrFN. The van der Waals surface area contributed by atoms with E-state index in [4.69, 9.17) is 0 Å². The zero-order valence-electron chi connectivity index (χ0n) is 12.3. The molecule has 0 bridgehead atoms. The summed E-state index contributed by atoms with van der Waals surface area (Å²) in [6.07, 6.45) is 2.66. The second kappa shape index (κ2) is 8.30. The van der Waals surface area contributed by atoms with Crippen LogP contribution in [-0.2, 0) is 12.8 Å². The third kappa shape index (κ3) is 4.94. The maximum Gasteiger partial charge on any atom is 0.126 e. The summed E-state index contributed by atoms with van der Waals surface area (Å²) in [5.74, 6) is -0.118. The summed E-state index contributed by atoms with van der Waals surface area (Å²) in [5.41, 5.74) is 2.03. The molecule has 21 heavy (non-hydrogen) atoms. The molecule has 2 rings (SSSR count). The minimum Gasteiger partial charge on any atom is -0.313 e. The minimum atomic E-state index is -0.118. The maximum absolute atomic E-state index is 13.9. The number of benzene rings is 2. The molecule has 0 aromatic heterocycles. The second-order valence-electron chi connectivity index (χ2n) is 5.24. The van der Waals surface area contributed by atoms with Gasteiger partial charge in [-0.2, -0.15) is 0 Å². The van der Waals surface area contributed by atoms with Gasteiger partial charge in [0.2, 0.25) is 0 Å². The minimum absolute atomic E-state index is 0.118. The molecule has 0 fully saturated rings. The lowest BCUT2D eigenvalue weighted by atomic mass is 9.98. The van der Waals surface area contributed by atoms with Gasteiger partial charge in [-0.3, -0.25) is 0 Å². The molecule has 0 heterocycles. The van der Waals surface area contributed by atoms with Crippen molar-refractivity contribution >= 4 is 15.9 Å². The van der Waals surface area contributed by atoms with Crippen LogP contribution in [0, 0.1) is 5.82 Å². The highest BCUT2D eigenvalue weighted by atomic mass is 79.9. The van der Waals surface area contributed by atoms with Gasteiger partial charge >= 0.3 is 0 Å². The molecule has 0 aliphatic rings. The smallest absolute Gasteiger partial charge is 0.126 e. The molecule has 0 aliphatic carbocycles. The van der Waals surface area contributed by atoms with Crippen LogP contribution in [0.2, 0.25) is 0 Å². The van der Waals surface area contributed by atoms with Gasteiger partial charge in [0.05, 0.1) is 0 Å². The van der Waals surface area contributed by atoms with Gasteiger partial charge in [0.25, 0.3) is 0 Å². The first kappa shape index (κ1) is 16.2. The average Bonchev–Trinajstić information content (AvgIpc) is 2.49. The Morgan fingerprint density at radius 3 is 2.29 bits per heavy atom. The van der Waals surface area contributed by atoms with Crippen molar-refractivity contribution in [3.63, 3.8) is 0 Å². The number of halogens is 2. The van der Waals surface area contributed by atoms with Gasteiger partial charge in [-0.15, -0.1) is 0 Å². The van der Waals surface area contributed by atoms with Crippen LogP contribution in [0.25, 0.3) is 0 Å². The molecular weight excluding hydrogens is 329 g/mol. The zero-order valence-corrected chi connectivity index (χ0v) is 13.9. The first-order valence-corrected chi connectivity index (χ1v) is 8.20. The number of hydrogen-bond acceptors (Lipinski definition) is 1. The van der Waals surface area contributed by atoms with Crippen LogP contribution in [-0.4, -0.2) is 12.6 Å². The van der Waals surface area contributed by atoms with Crippen molar-refractivity contribution < 1.29 is 4.39 Å². The summed E-state index contributed by atoms with van der Waals surface area (Å²) in [5, 5.41) is 3.53. The van der Waals surface area contributed by atoms with Gasteiger partial charge in [-0.05, 0) is 49.1 Å². The van der Waals surface area contributed by atoms with E-state index >= 15 is 0 Å². The first-order valence-electron chi connectivity index (χ1n) is 7.41. The molecule has 3 heteroatoms. The van der Waals surface area contributed by atoms with Gasteiger partial charge in [-0.1, -0.05) is 59.3 Å². The largest absolute Gasteiger partial charge is 0.313 e. The molecule has 0 amide bonds. The Balaban J connectivity index is 2.11. The van der Waals surface area contributed by atoms with Crippen molar-refractivity contribution in [3.8, 4) is 0 Å². The van der Waals surface area contributed by atoms with Crippen molar-refractivity contribution in [2.45, 2.75) is 32.2 Å². The molecule has 0 aliphatic heterocycles. The van der Waals surface area contributed by atoms with E-state index < -0.39 is 0 Å². The predicted octanol–water partition coefficient (Wildman–Crippen LogP) is 4.74. The van der Waals surface area contributed by atoms with E-state index in [1.807, 2.05) is 24.3 Å². The van der Waals surface area contributed by atoms with Gasteiger partial charge in [0, 0.05) is 10.5 Å². The van der Waals surface area contributed by atoms with Gasteiger partial charge < -0.3 is 5.32 Å². The summed E-state index contributed by atoms with van der Waals surface area (Å²) in [6, 6.07) is 15.5. The van der Waals surface area contributed by atoms with Crippen molar-refractivity contribution in [2.75, 3.05) is 6.54 Å². The van der Waals surface area contributed by atoms with Gasteiger partial charge in [-0.25, -0.2) is 4.39 Å². The molecule has 0 spiro atoms. The monoisotopic (exact) mass is 349 g/mol. The van der Waals surface area contributed by atoms with E-state index in [-0.39, 0.29) is 11.9 Å². The third-order valence-electron chi connectivity index (χ3n) is 3.53. The highest BCUT2D eigenvalue weighted by Crippen LogP contribution is 2.19. The van der Waals surface area contributed by atoms with E-state index in [0.717, 1.165) is 29.4 Å². The van der Waals surface area contributed by atoms with Gasteiger partial charge in [0.15, 0.2) is 0 Å². The van der Waals surface area contributed by atoms with Crippen molar-refractivity contribution in [3.05, 3.63) is 69.9 Å². The maximum atomic E-state index is 13.9. The van der Waals surface area contributed by atoms with E-state index in [9.17, 15) is 4.39 Å². The molecule has 1 N–H and O–H groups in total. The van der Waals surface area contributed by atoms with E-state index in [1.54, 1.807) is 6.07 Å². The van der Waals surface area contributed by atoms with Gasteiger partial charge in [0.1, 0.15) is 5.82 Å². The molecule has 0 radical (unpaired) electrons. The third-order valence-corrected chi connectivity index (χ3v) is 4.30. The highest BCUT2D eigenvalue weighted by Gasteiger charge is 2.13. The van der Waals surface area contributed by atoms with Crippen LogP contribution >= 0.6 is 15.9 Å². The number of hydrogen-bond donors (Lipinski definition) is 1. The fourth-order valence-corrected chi connectivity index (χ4v) is 2.87. The topological polar surface area (TPSA) is 12.0 Å². The summed E-state index contributed by atoms with van der Waals surface area (Å²) >= 11 is 3.59. The Labute approximate surface area is 134 Å². The molecule has 2 aromatic rings. The van der Waals surface area contributed by atoms with Crippen molar-refractivity contribution in [1.82, 2.24) is 5.32 Å². The van der Waals surface area contributed by atoms with Crippen LogP contribution in [0.3, 0.4) is 0 Å². The lowest BCUT2D eigenvalue weighted by Gasteiger charge is -2.20. The summed E-state index contributed by atoms with van der Waals surface area (Å²) in [7, 11) is 0. The standard InChI is InChI=1S/C18H21BrFN/c1-2-11-21-16(12-14-7-3-5-9-17(14)19)13-15-8-4-6-10-18(15)20/h3-10,16,21H,2,11-13H2,1H3. The lowest BCUT2D eigenvalue weighted by molar-refractivity contribution is 0.492. The molecule has 1 atom stereocenters. The average molecular weight is 350 g/mol. The normalized spacial score (nSPS) is 12.3.